The number of fused-ring (bicyclic) bond motifs is 1. The maximum absolute atomic E-state index is 14.3. The van der Waals surface area contributed by atoms with Gasteiger partial charge in [-0.3, -0.25) is 4.79 Å². The van der Waals surface area contributed by atoms with Crippen LogP contribution in [0.4, 0.5) is 0 Å². The number of carbonyl (C=O) groups excluding carboxylic acids is 2. The fourth-order valence-electron chi connectivity index (χ4n) is 7.79. The van der Waals surface area contributed by atoms with Crippen LogP contribution in [-0.2, 0) is 19.6 Å². The van der Waals surface area contributed by atoms with Crippen molar-refractivity contribution in [3.63, 3.8) is 0 Å². The zero-order valence-corrected chi connectivity index (χ0v) is 33.6. The highest BCUT2D eigenvalue weighted by Crippen LogP contribution is 2.45. The molecule has 1 N–H and O–H groups in total. The molecule has 7 rings (SSSR count). The van der Waals surface area contributed by atoms with Gasteiger partial charge in [0.25, 0.3) is 5.91 Å². The third-order valence-electron chi connectivity index (χ3n) is 10.8. The fourth-order valence-corrected chi connectivity index (χ4v) is 8.88. The molecule has 0 saturated heterocycles. The number of allylic oxidation sites excluding steroid dienone is 1. The normalized spacial score (nSPS) is 17.7. The van der Waals surface area contributed by atoms with E-state index >= 15 is 0 Å². The lowest BCUT2D eigenvalue weighted by atomic mass is 9.77. The van der Waals surface area contributed by atoms with Gasteiger partial charge in [-0.2, -0.15) is 5.10 Å². The number of hydrogen-bond acceptors (Lipinski definition) is 8. The highest BCUT2D eigenvalue weighted by Gasteiger charge is 2.45. The Morgan fingerprint density at radius 2 is 1.45 bits per heavy atom. The van der Waals surface area contributed by atoms with Crippen molar-refractivity contribution < 1.29 is 32.2 Å². The molecule has 3 atom stereocenters. The van der Waals surface area contributed by atoms with Crippen LogP contribution in [0.25, 0.3) is 6.08 Å². The van der Waals surface area contributed by atoms with Gasteiger partial charge < -0.3 is 14.2 Å². The largest absolute Gasteiger partial charge is 0.497 e. The van der Waals surface area contributed by atoms with E-state index in [0.717, 1.165) is 58.6 Å². The van der Waals surface area contributed by atoms with E-state index in [1.165, 1.54) is 36.2 Å². The van der Waals surface area contributed by atoms with Gasteiger partial charge in [0.15, 0.2) is 6.10 Å². The van der Waals surface area contributed by atoms with Gasteiger partial charge in [-0.05, 0) is 109 Å². The Labute approximate surface area is 340 Å². The second-order valence-electron chi connectivity index (χ2n) is 14.5. The molecule has 0 radical (unpaired) electrons. The quantitative estimate of drug-likeness (QED) is 0.112. The van der Waals surface area contributed by atoms with Gasteiger partial charge in [0, 0.05) is 18.4 Å². The Balaban J connectivity index is 1.07. The second kappa shape index (κ2) is 18.0. The van der Waals surface area contributed by atoms with Gasteiger partial charge in [-0.25, -0.2) is 22.9 Å². The standard InChI is InChI=1S/C47H47N3O7S/c1-32(57-47(52)38-17-10-18-41(31-38)58(53,54)48-29-28-42(34-12-6-4-7-13-34)35-14-8-5-9-15-35)46(51)50-45(36-22-26-40(56-3)27-23-36)43-19-11-16-37(44(43)49-50)30-33-20-24-39(55-2)25-21-33/h4-10,12-15,17-18,20-27,30-32,42-43,45,48H,11,16,19,28-29H2,1-3H3/b37-30-. The molecule has 5 aromatic rings. The number of hydrogen-bond donors (Lipinski definition) is 1. The highest BCUT2D eigenvalue weighted by atomic mass is 32.2. The monoisotopic (exact) mass is 797 g/mol. The molecular weight excluding hydrogens is 751 g/mol. The number of hydrazone groups is 1. The summed E-state index contributed by atoms with van der Waals surface area (Å²) in [5.41, 5.74) is 5.93. The number of sulfonamides is 1. The number of nitrogens with one attached hydrogen (secondary N) is 1. The summed E-state index contributed by atoms with van der Waals surface area (Å²) in [6, 6.07) is 40.5. The van der Waals surface area contributed by atoms with Crippen molar-refractivity contribution in [3.8, 4) is 11.5 Å². The van der Waals surface area contributed by atoms with Crippen LogP contribution in [0.5, 0.6) is 11.5 Å². The first-order valence-corrected chi connectivity index (χ1v) is 20.9. The Morgan fingerprint density at radius 3 is 2.07 bits per heavy atom. The second-order valence-corrected chi connectivity index (χ2v) is 16.2. The summed E-state index contributed by atoms with van der Waals surface area (Å²) in [6.45, 7) is 1.68. The van der Waals surface area contributed by atoms with E-state index in [1.54, 1.807) is 14.2 Å². The number of amides is 1. The summed E-state index contributed by atoms with van der Waals surface area (Å²) in [4.78, 5) is 27.8. The van der Waals surface area contributed by atoms with Gasteiger partial charge in [0.1, 0.15) is 11.5 Å². The maximum atomic E-state index is 14.3. The van der Waals surface area contributed by atoms with Crippen LogP contribution < -0.4 is 14.2 Å². The Morgan fingerprint density at radius 1 is 0.828 bits per heavy atom. The lowest BCUT2D eigenvalue weighted by molar-refractivity contribution is -0.142. The molecule has 1 fully saturated rings. The van der Waals surface area contributed by atoms with E-state index in [-0.39, 0.29) is 28.8 Å². The smallest absolute Gasteiger partial charge is 0.338 e. The first-order chi connectivity index (χ1) is 28.1. The SMILES string of the molecule is COc1ccc(/C=C2/CCCC3C2=NN(C(=O)C(C)OC(=O)c2cccc(S(=O)(=O)NCCC(c4ccccc4)c4ccccc4)c2)C3c2ccc(OC)cc2)cc1. The predicted octanol–water partition coefficient (Wildman–Crippen LogP) is 8.57. The van der Waals surface area contributed by atoms with Crippen LogP contribution in [0.1, 0.15) is 77.2 Å². The number of methoxy groups -OCH3 is 2. The molecule has 58 heavy (non-hydrogen) atoms. The average Bonchev–Trinajstić information content (AvgIpc) is 3.66. The minimum Gasteiger partial charge on any atom is -0.497 e. The summed E-state index contributed by atoms with van der Waals surface area (Å²) >= 11 is 0. The molecule has 10 nitrogen and oxygen atoms in total. The van der Waals surface area contributed by atoms with Crippen LogP contribution in [0.15, 0.2) is 149 Å². The fraction of sp³-hybridized carbons (Fsp3) is 0.255. The van der Waals surface area contributed by atoms with E-state index in [2.05, 4.69) is 10.8 Å². The predicted molar refractivity (Wildman–Crippen MR) is 224 cm³/mol. The molecule has 1 aliphatic heterocycles. The maximum Gasteiger partial charge on any atom is 0.338 e. The summed E-state index contributed by atoms with van der Waals surface area (Å²) in [7, 11) is -0.759. The molecule has 11 heteroatoms. The molecule has 2 aliphatic rings. The van der Waals surface area contributed by atoms with Gasteiger partial charge in [-0.15, -0.1) is 0 Å². The minimum absolute atomic E-state index is 0.00629. The van der Waals surface area contributed by atoms with Crippen molar-refractivity contribution >= 4 is 33.7 Å². The molecule has 3 unspecified atom stereocenters. The number of rotatable bonds is 14. The lowest BCUT2D eigenvalue weighted by Gasteiger charge is -2.30. The molecule has 0 aromatic heterocycles. The summed E-state index contributed by atoms with van der Waals surface area (Å²) < 4.78 is 46.2. The van der Waals surface area contributed by atoms with Crippen molar-refractivity contribution in [2.45, 2.75) is 55.6 Å². The van der Waals surface area contributed by atoms with E-state index in [4.69, 9.17) is 19.3 Å². The van der Waals surface area contributed by atoms with Crippen LogP contribution in [0.3, 0.4) is 0 Å². The van der Waals surface area contributed by atoms with E-state index in [1.807, 2.05) is 109 Å². The highest BCUT2D eigenvalue weighted by molar-refractivity contribution is 7.89. The number of esters is 1. The summed E-state index contributed by atoms with van der Waals surface area (Å²) in [6.07, 6.45) is 3.94. The zero-order valence-electron chi connectivity index (χ0n) is 32.8. The zero-order chi connectivity index (χ0) is 40.6. The Hall–Kier alpha value is -6.04. The molecule has 0 bridgehead atoms. The molecular formula is C47H47N3O7S. The van der Waals surface area contributed by atoms with Crippen molar-refractivity contribution in [2.24, 2.45) is 11.0 Å². The number of ether oxygens (including phenoxy) is 3. The molecule has 0 spiro atoms. The molecule has 1 heterocycles. The van der Waals surface area contributed by atoms with Crippen molar-refractivity contribution in [2.75, 3.05) is 20.8 Å². The van der Waals surface area contributed by atoms with Crippen molar-refractivity contribution in [1.29, 1.82) is 0 Å². The van der Waals surface area contributed by atoms with Gasteiger partial charge in [0.05, 0.1) is 36.4 Å². The first-order valence-electron chi connectivity index (χ1n) is 19.5. The lowest BCUT2D eigenvalue weighted by Crippen LogP contribution is -2.39. The first kappa shape index (κ1) is 40.2. The molecule has 298 valence electrons. The molecule has 5 aromatic carbocycles. The Bertz CT molecular complexity index is 2340. The van der Waals surface area contributed by atoms with Gasteiger partial charge in [-0.1, -0.05) is 91.0 Å². The topological polar surface area (TPSA) is 124 Å². The molecule has 1 saturated carbocycles. The molecule has 1 amide bonds. The number of carbonyl (C=O) groups is 2. The van der Waals surface area contributed by atoms with E-state index < -0.39 is 34.0 Å². The molecule has 1 aliphatic carbocycles. The van der Waals surface area contributed by atoms with E-state index in [0.29, 0.717) is 12.2 Å². The average molecular weight is 798 g/mol. The number of benzene rings is 5. The van der Waals surface area contributed by atoms with Crippen molar-refractivity contribution in [3.05, 3.63) is 167 Å². The van der Waals surface area contributed by atoms with Crippen molar-refractivity contribution in [1.82, 2.24) is 9.73 Å². The number of nitrogens with zero attached hydrogens (tertiary/aromatic N) is 2. The van der Waals surface area contributed by atoms with Crippen LogP contribution >= 0.6 is 0 Å². The minimum atomic E-state index is -3.99. The van der Waals surface area contributed by atoms with Gasteiger partial charge in [0.2, 0.25) is 10.0 Å². The van der Waals surface area contributed by atoms with E-state index in [9.17, 15) is 18.0 Å². The van der Waals surface area contributed by atoms with Crippen LogP contribution in [0.2, 0.25) is 0 Å². The summed E-state index contributed by atoms with van der Waals surface area (Å²) in [5.74, 6) is 0.0422. The van der Waals surface area contributed by atoms with Crippen LogP contribution in [0, 0.1) is 5.92 Å². The Kier molecular flexibility index (Phi) is 12.5. The third kappa shape index (κ3) is 9.06. The van der Waals surface area contributed by atoms with Gasteiger partial charge >= 0.3 is 5.97 Å². The third-order valence-corrected chi connectivity index (χ3v) is 12.2. The summed E-state index contributed by atoms with van der Waals surface area (Å²) in [5, 5.41) is 6.40. The van der Waals surface area contributed by atoms with Crippen LogP contribution in [-0.4, -0.2) is 57.9 Å².